The van der Waals surface area contributed by atoms with Crippen molar-refractivity contribution in [2.45, 2.75) is 26.8 Å². The number of hydrogen-bond donors (Lipinski definition) is 1. The number of hydrogen-bond acceptors (Lipinski definition) is 2. The molecule has 0 saturated heterocycles. The van der Waals surface area contributed by atoms with Crippen molar-refractivity contribution < 1.29 is 9.90 Å². The summed E-state index contributed by atoms with van der Waals surface area (Å²) in [6.07, 6.45) is 3.74. The van der Waals surface area contributed by atoms with Gasteiger partial charge < -0.3 is 9.67 Å². The number of aliphatic carboxylic acids is 1. The van der Waals surface area contributed by atoms with Crippen LogP contribution in [0.2, 0.25) is 0 Å². The molecule has 0 bridgehead atoms. The first-order valence-electron chi connectivity index (χ1n) is 5.28. The molecule has 4 nitrogen and oxygen atoms in total. The highest BCUT2D eigenvalue weighted by Crippen LogP contribution is 2.21. The second-order valence-corrected chi connectivity index (χ2v) is 3.89. The van der Waals surface area contributed by atoms with E-state index in [1.54, 1.807) is 6.20 Å². The Labute approximate surface area is 93.5 Å². The Hall–Kier alpha value is -1.84. The van der Waals surface area contributed by atoms with Gasteiger partial charge in [-0.25, -0.2) is 4.98 Å². The largest absolute Gasteiger partial charge is 0.481 e. The molecular formula is C12H14N2O2. The molecular weight excluding hydrogens is 204 g/mol. The van der Waals surface area contributed by atoms with Crippen molar-refractivity contribution in [1.82, 2.24) is 9.55 Å². The van der Waals surface area contributed by atoms with Gasteiger partial charge in [0, 0.05) is 24.3 Å². The summed E-state index contributed by atoms with van der Waals surface area (Å²) in [7, 11) is 0. The van der Waals surface area contributed by atoms with E-state index in [1.807, 2.05) is 30.7 Å². The van der Waals surface area contributed by atoms with E-state index in [-0.39, 0.29) is 6.42 Å². The van der Waals surface area contributed by atoms with Gasteiger partial charge in [-0.05, 0) is 31.0 Å². The highest BCUT2D eigenvalue weighted by molar-refractivity contribution is 5.85. The van der Waals surface area contributed by atoms with E-state index < -0.39 is 5.97 Å². The Kier molecular flexibility index (Phi) is 2.64. The third kappa shape index (κ3) is 1.78. The molecule has 0 saturated carbocycles. The number of pyridine rings is 1. The van der Waals surface area contributed by atoms with Crippen LogP contribution in [0.5, 0.6) is 0 Å². The molecule has 84 valence electrons. The maximum atomic E-state index is 10.8. The summed E-state index contributed by atoms with van der Waals surface area (Å²) >= 11 is 0. The van der Waals surface area contributed by atoms with E-state index in [1.165, 1.54) is 0 Å². The lowest BCUT2D eigenvalue weighted by Crippen LogP contribution is -1.99. The molecule has 16 heavy (non-hydrogen) atoms. The van der Waals surface area contributed by atoms with Crippen LogP contribution in [0.1, 0.15) is 18.1 Å². The van der Waals surface area contributed by atoms with Gasteiger partial charge in [0.25, 0.3) is 0 Å². The zero-order valence-corrected chi connectivity index (χ0v) is 9.40. The predicted octanol–water partition coefficient (Wildman–Crippen LogP) is 1.99. The first kappa shape index (κ1) is 10.7. The van der Waals surface area contributed by atoms with Gasteiger partial charge >= 0.3 is 5.97 Å². The number of carbonyl (C=O) groups is 1. The van der Waals surface area contributed by atoms with E-state index >= 15 is 0 Å². The van der Waals surface area contributed by atoms with Crippen LogP contribution in [0.4, 0.5) is 0 Å². The maximum Gasteiger partial charge on any atom is 0.307 e. The fraction of sp³-hybridized carbons (Fsp3) is 0.333. The standard InChI is InChI=1S/C12H14N2O2/c1-3-14-7-9(5-11(15)16)10-4-8(2)6-13-12(10)14/h4,6-7H,3,5H2,1-2H3,(H,15,16). The van der Waals surface area contributed by atoms with Gasteiger partial charge in [-0.2, -0.15) is 0 Å². The molecule has 0 fully saturated rings. The smallest absolute Gasteiger partial charge is 0.307 e. The van der Waals surface area contributed by atoms with Gasteiger partial charge in [-0.3, -0.25) is 4.79 Å². The van der Waals surface area contributed by atoms with Gasteiger partial charge in [0.2, 0.25) is 0 Å². The van der Waals surface area contributed by atoms with Crippen molar-refractivity contribution in [2.24, 2.45) is 0 Å². The number of fused-ring (bicyclic) bond motifs is 1. The van der Waals surface area contributed by atoms with Crippen molar-refractivity contribution in [3.8, 4) is 0 Å². The Morgan fingerprint density at radius 3 is 2.94 bits per heavy atom. The molecule has 2 rings (SSSR count). The van der Waals surface area contributed by atoms with Crippen molar-refractivity contribution in [3.05, 3.63) is 29.6 Å². The fourth-order valence-corrected chi connectivity index (χ4v) is 1.89. The Bertz CT molecular complexity index is 543. The van der Waals surface area contributed by atoms with Crippen LogP contribution in [0.25, 0.3) is 11.0 Å². The summed E-state index contributed by atoms with van der Waals surface area (Å²) in [6.45, 7) is 4.78. The maximum absolute atomic E-state index is 10.8. The second kappa shape index (κ2) is 3.96. The average molecular weight is 218 g/mol. The van der Waals surface area contributed by atoms with Crippen LogP contribution in [0.15, 0.2) is 18.5 Å². The molecule has 2 aromatic rings. The molecule has 2 aromatic heterocycles. The van der Waals surface area contributed by atoms with Crippen LogP contribution in [0, 0.1) is 6.92 Å². The van der Waals surface area contributed by atoms with E-state index in [0.717, 1.165) is 28.7 Å². The SMILES string of the molecule is CCn1cc(CC(=O)O)c2cc(C)cnc21. The average Bonchev–Trinajstić information content (AvgIpc) is 2.55. The Morgan fingerprint density at radius 2 is 2.31 bits per heavy atom. The third-order valence-electron chi connectivity index (χ3n) is 2.62. The summed E-state index contributed by atoms with van der Waals surface area (Å²) in [5.41, 5.74) is 2.75. The quantitative estimate of drug-likeness (QED) is 0.857. The molecule has 4 heteroatoms. The minimum atomic E-state index is -0.809. The molecule has 0 unspecified atom stereocenters. The predicted molar refractivity (Wildman–Crippen MR) is 61.5 cm³/mol. The van der Waals surface area contributed by atoms with Gasteiger partial charge in [-0.1, -0.05) is 0 Å². The third-order valence-corrected chi connectivity index (χ3v) is 2.62. The van der Waals surface area contributed by atoms with Gasteiger partial charge in [0.1, 0.15) is 5.65 Å². The van der Waals surface area contributed by atoms with Crippen molar-refractivity contribution in [1.29, 1.82) is 0 Å². The van der Waals surface area contributed by atoms with E-state index in [9.17, 15) is 4.79 Å². The zero-order valence-electron chi connectivity index (χ0n) is 9.40. The monoisotopic (exact) mass is 218 g/mol. The number of rotatable bonds is 3. The molecule has 2 heterocycles. The summed E-state index contributed by atoms with van der Waals surface area (Å²) in [4.78, 5) is 15.1. The lowest BCUT2D eigenvalue weighted by Gasteiger charge is -1.99. The molecule has 0 aliphatic carbocycles. The summed E-state index contributed by atoms with van der Waals surface area (Å²) < 4.78 is 1.98. The molecule has 0 amide bonds. The first-order chi connectivity index (χ1) is 7.61. The normalized spacial score (nSPS) is 10.9. The van der Waals surface area contributed by atoms with E-state index in [2.05, 4.69) is 4.98 Å². The molecule has 0 aliphatic heterocycles. The van der Waals surface area contributed by atoms with Crippen LogP contribution >= 0.6 is 0 Å². The van der Waals surface area contributed by atoms with Crippen molar-refractivity contribution >= 4 is 17.0 Å². The molecule has 0 spiro atoms. The van der Waals surface area contributed by atoms with E-state index in [0.29, 0.717) is 0 Å². The van der Waals surface area contributed by atoms with Crippen molar-refractivity contribution in [2.75, 3.05) is 0 Å². The van der Waals surface area contributed by atoms with Gasteiger partial charge in [-0.15, -0.1) is 0 Å². The van der Waals surface area contributed by atoms with Crippen LogP contribution in [0.3, 0.4) is 0 Å². The lowest BCUT2D eigenvalue weighted by atomic mass is 10.1. The minimum Gasteiger partial charge on any atom is -0.481 e. The molecule has 0 radical (unpaired) electrons. The molecule has 0 aromatic carbocycles. The summed E-state index contributed by atoms with van der Waals surface area (Å²) in [5, 5.41) is 9.80. The molecule has 0 atom stereocenters. The van der Waals surface area contributed by atoms with Crippen LogP contribution in [-0.2, 0) is 17.8 Å². The van der Waals surface area contributed by atoms with Gasteiger partial charge in [0.15, 0.2) is 0 Å². The number of carboxylic acid groups (broad SMARTS) is 1. The van der Waals surface area contributed by atoms with E-state index in [4.69, 9.17) is 5.11 Å². The zero-order chi connectivity index (χ0) is 11.7. The first-order valence-corrected chi connectivity index (χ1v) is 5.28. The molecule has 1 N–H and O–H groups in total. The lowest BCUT2D eigenvalue weighted by molar-refractivity contribution is -0.136. The number of aryl methyl sites for hydroxylation is 2. The Morgan fingerprint density at radius 1 is 1.56 bits per heavy atom. The van der Waals surface area contributed by atoms with Gasteiger partial charge in [0.05, 0.1) is 6.42 Å². The highest BCUT2D eigenvalue weighted by atomic mass is 16.4. The molecule has 0 aliphatic rings. The fourth-order valence-electron chi connectivity index (χ4n) is 1.89. The summed E-state index contributed by atoms with van der Waals surface area (Å²) in [6, 6.07) is 1.99. The van der Waals surface area contributed by atoms with Crippen molar-refractivity contribution in [3.63, 3.8) is 0 Å². The Balaban J connectivity index is 2.63. The number of carboxylic acids is 1. The number of aromatic nitrogens is 2. The highest BCUT2D eigenvalue weighted by Gasteiger charge is 2.11. The minimum absolute atomic E-state index is 0.0502. The van der Waals surface area contributed by atoms with Crippen LogP contribution in [-0.4, -0.2) is 20.6 Å². The summed E-state index contributed by atoms with van der Waals surface area (Å²) in [5.74, 6) is -0.809. The topological polar surface area (TPSA) is 55.1 Å². The van der Waals surface area contributed by atoms with Crippen LogP contribution < -0.4 is 0 Å². The second-order valence-electron chi connectivity index (χ2n) is 3.89. The number of nitrogens with zero attached hydrogens (tertiary/aromatic N) is 2.